The fourth-order valence-corrected chi connectivity index (χ4v) is 2.15. The second-order valence-electron chi connectivity index (χ2n) is 5.45. The Bertz CT molecular complexity index is 371. The number of nitrogens with one attached hydrogen (secondary N) is 1. The lowest BCUT2D eigenvalue weighted by molar-refractivity contribution is 0.0115. The maximum absolute atomic E-state index is 5.49. The second-order valence-corrected chi connectivity index (χ2v) is 5.45. The average Bonchev–Trinajstić information content (AvgIpc) is 2.64. The Balaban J connectivity index is 2.74. The Morgan fingerprint density at radius 1 is 1.50 bits per heavy atom. The van der Waals surface area contributed by atoms with Gasteiger partial charge in [0.15, 0.2) is 0 Å². The molecule has 4 heteroatoms. The molecule has 1 rings (SSSR count). The molecule has 1 N–H and O–H groups in total. The van der Waals surface area contributed by atoms with Crippen molar-refractivity contribution in [3.8, 4) is 0 Å². The highest BCUT2D eigenvalue weighted by Crippen LogP contribution is 2.24. The van der Waals surface area contributed by atoms with Crippen LogP contribution >= 0.6 is 0 Å². The average molecular weight is 253 g/mol. The van der Waals surface area contributed by atoms with Gasteiger partial charge in [-0.05, 0) is 46.2 Å². The first kappa shape index (κ1) is 15.2. The van der Waals surface area contributed by atoms with Gasteiger partial charge in [0.1, 0.15) is 0 Å². The molecule has 18 heavy (non-hydrogen) atoms. The van der Waals surface area contributed by atoms with Crippen LogP contribution in [0.1, 0.15) is 51.0 Å². The van der Waals surface area contributed by atoms with Crippen molar-refractivity contribution < 1.29 is 4.74 Å². The minimum Gasteiger partial charge on any atom is -0.379 e. The summed E-state index contributed by atoms with van der Waals surface area (Å²) in [5, 5.41) is 7.96. The van der Waals surface area contributed by atoms with Crippen LogP contribution < -0.4 is 5.32 Å². The lowest BCUT2D eigenvalue weighted by Crippen LogP contribution is -2.28. The smallest absolute Gasteiger partial charge is 0.0623 e. The van der Waals surface area contributed by atoms with E-state index in [0.717, 1.165) is 25.1 Å². The molecule has 0 spiro atoms. The Morgan fingerprint density at radius 2 is 2.17 bits per heavy atom. The van der Waals surface area contributed by atoms with Gasteiger partial charge in [-0.3, -0.25) is 4.68 Å². The third-order valence-electron chi connectivity index (χ3n) is 3.43. The van der Waals surface area contributed by atoms with Crippen LogP contribution in [0, 0.1) is 6.92 Å². The summed E-state index contributed by atoms with van der Waals surface area (Å²) < 4.78 is 7.46. The molecule has 1 heterocycles. The minimum absolute atomic E-state index is 0.0681. The molecule has 0 amide bonds. The molecule has 0 aliphatic carbocycles. The van der Waals surface area contributed by atoms with E-state index in [1.807, 2.05) is 18.7 Å². The third-order valence-corrected chi connectivity index (χ3v) is 3.43. The molecule has 1 aromatic rings. The summed E-state index contributed by atoms with van der Waals surface area (Å²) in [5.41, 5.74) is 2.25. The Kier molecular flexibility index (Phi) is 5.35. The van der Waals surface area contributed by atoms with Crippen LogP contribution in [0.15, 0.2) is 6.07 Å². The number of methoxy groups -OCH3 is 1. The molecule has 4 nitrogen and oxygen atoms in total. The van der Waals surface area contributed by atoms with E-state index < -0.39 is 0 Å². The third kappa shape index (κ3) is 4.10. The number of hydrogen-bond acceptors (Lipinski definition) is 3. The summed E-state index contributed by atoms with van der Waals surface area (Å²) in [4.78, 5) is 0. The van der Waals surface area contributed by atoms with Crippen molar-refractivity contribution in [1.29, 1.82) is 0 Å². The lowest BCUT2D eigenvalue weighted by Gasteiger charge is -2.26. The predicted octanol–water partition coefficient (Wildman–Crippen LogP) is 2.58. The zero-order valence-corrected chi connectivity index (χ0v) is 12.6. The zero-order valence-electron chi connectivity index (χ0n) is 12.6. The molecule has 104 valence electrons. The number of rotatable bonds is 7. The molecule has 0 saturated carbocycles. The van der Waals surface area contributed by atoms with Gasteiger partial charge in [0.05, 0.1) is 17.0 Å². The highest BCUT2D eigenvalue weighted by atomic mass is 16.5. The molecular weight excluding hydrogens is 226 g/mol. The van der Waals surface area contributed by atoms with Gasteiger partial charge in [0.2, 0.25) is 0 Å². The second kappa shape index (κ2) is 6.34. The topological polar surface area (TPSA) is 39.1 Å². The highest BCUT2D eigenvalue weighted by Gasteiger charge is 2.21. The van der Waals surface area contributed by atoms with Crippen molar-refractivity contribution in [2.75, 3.05) is 13.7 Å². The van der Waals surface area contributed by atoms with Gasteiger partial charge < -0.3 is 10.1 Å². The number of hydrogen-bond donors (Lipinski definition) is 1. The first-order chi connectivity index (χ1) is 8.39. The van der Waals surface area contributed by atoms with Crippen LogP contribution in [0.2, 0.25) is 0 Å². The van der Waals surface area contributed by atoms with E-state index in [1.54, 1.807) is 7.11 Å². The maximum Gasteiger partial charge on any atom is 0.0623 e. The van der Waals surface area contributed by atoms with Gasteiger partial charge in [-0.15, -0.1) is 0 Å². The van der Waals surface area contributed by atoms with E-state index in [2.05, 4.69) is 37.3 Å². The first-order valence-electron chi connectivity index (χ1n) is 6.68. The van der Waals surface area contributed by atoms with Crippen molar-refractivity contribution in [2.24, 2.45) is 7.05 Å². The first-order valence-corrected chi connectivity index (χ1v) is 6.68. The summed E-state index contributed by atoms with van der Waals surface area (Å²) in [6.45, 7) is 9.39. The summed E-state index contributed by atoms with van der Waals surface area (Å²) in [6.07, 6.45) is 2.07. The number of aryl methyl sites for hydroxylation is 2. The minimum atomic E-state index is -0.0681. The summed E-state index contributed by atoms with van der Waals surface area (Å²) >= 11 is 0. The summed E-state index contributed by atoms with van der Waals surface area (Å²) in [6, 6.07) is 2.50. The van der Waals surface area contributed by atoms with E-state index in [1.165, 1.54) is 5.69 Å². The number of aromatic nitrogens is 2. The molecule has 1 aromatic heterocycles. The Hall–Kier alpha value is -0.870. The molecule has 1 atom stereocenters. The van der Waals surface area contributed by atoms with Gasteiger partial charge >= 0.3 is 0 Å². The van der Waals surface area contributed by atoms with Crippen LogP contribution in [-0.4, -0.2) is 29.0 Å². The van der Waals surface area contributed by atoms with E-state index in [0.29, 0.717) is 6.04 Å². The van der Waals surface area contributed by atoms with Crippen LogP contribution in [0.3, 0.4) is 0 Å². The Morgan fingerprint density at radius 3 is 2.61 bits per heavy atom. The fraction of sp³-hybridized carbons (Fsp3) is 0.786. The van der Waals surface area contributed by atoms with Crippen LogP contribution in [0.25, 0.3) is 0 Å². The van der Waals surface area contributed by atoms with Gasteiger partial charge in [0.25, 0.3) is 0 Å². The largest absolute Gasteiger partial charge is 0.379 e. The van der Waals surface area contributed by atoms with Crippen molar-refractivity contribution >= 4 is 0 Å². The normalized spacial score (nSPS) is 13.9. The Labute approximate surface area is 111 Å². The van der Waals surface area contributed by atoms with E-state index >= 15 is 0 Å². The van der Waals surface area contributed by atoms with Crippen LogP contribution in [0.5, 0.6) is 0 Å². The molecule has 0 fully saturated rings. The molecule has 0 aliphatic heterocycles. The van der Waals surface area contributed by atoms with Crippen molar-refractivity contribution in [3.63, 3.8) is 0 Å². The van der Waals surface area contributed by atoms with Crippen LogP contribution in [0.4, 0.5) is 0 Å². The summed E-state index contributed by atoms with van der Waals surface area (Å²) in [7, 11) is 3.78. The SMILES string of the molecule is CCNC(CCC(C)(C)OC)c1cc(C)nn1C. The van der Waals surface area contributed by atoms with Crippen molar-refractivity contribution in [3.05, 3.63) is 17.5 Å². The van der Waals surface area contributed by atoms with Crippen molar-refractivity contribution in [1.82, 2.24) is 15.1 Å². The zero-order chi connectivity index (χ0) is 13.8. The monoisotopic (exact) mass is 253 g/mol. The molecule has 0 aliphatic rings. The predicted molar refractivity (Wildman–Crippen MR) is 74.7 cm³/mol. The van der Waals surface area contributed by atoms with Crippen LogP contribution in [-0.2, 0) is 11.8 Å². The fourth-order valence-electron chi connectivity index (χ4n) is 2.15. The molecule has 1 unspecified atom stereocenters. The molecule has 0 aromatic carbocycles. The molecule has 0 radical (unpaired) electrons. The highest BCUT2D eigenvalue weighted by molar-refractivity contribution is 5.13. The number of nitrogens with zero attached hydrogens (tertiary/aromatic N) is 2. The van der Waals surface area contributed by atoms with Gasteiger partial charge in [0, 0.05) is 20.2 Å². The van der Waals surface area contributed by atoms with E-state index in [-0.39, 0.29) is 5.60 Å². The van der Waals surface area contributed by atoms with E-state index in [4.69, 9.17) is 4.74 Å². The molecular formula is C14H27N3O. The quantitative estimate of drug-likeness (QED) is 0.812. The molecule has 0 bridgehead atoms. The number of ether oxygens (including phenoxy) is 1. The summed E-state index contributed by atoms with van der Waals surface area (Å²) in [5.74, 6) is 0. The van der Waals surface area contributed by atoms with Gasteiger partial charge in [-0.25, -0.2) is 0 Å². The van der Waals surface area contributed by atoms with Gasteiger partial charge in [-0.2, -0.15) is 5.10 Å². The van der Waals surface area contributed by atoms with Gasteiger partial charge in [-0.1, -0.05) is 6.92 Å². The molecule has 0 saturated heterocycles. The van der Waals surface area contributed by atoms with E-state index in [9.17, 15) is 0 Å². The maximum atomic E-state index is 5.49. The lowest BCUT2D eigenvalue weighted by atomic mass is 9.97. The standard InChI is InChI=1S/C14H27N3O/c1-7-15-12(8-9-14(3,4)18-6)13-10-11(2)16-17(13)5/h10,12,15H,7-9H2,1-6H3. The van der Waals surface area contributed by atoms with Crippen molar-refractivity contribution in [2.45, 2.75) is 52.2 Å².